The minimum atomic E-state index is -1.15. The molecule has 0 spiro atoms. The zero-order valence-corrected chi connectivity index (χ0v) is 15.6. The van der Waals surface area contributed by atoms with Crippen molar-refractivity contribution in [1.29, 1.82) is 0 Å². The standard InChI is InChI=1S/C17H23BrN2Si/c1-4-12-21(2,3)13-19-17-11-7-10-16(20-17)14-8-5-6-9-15(14)18/h5-11H,4,12-13H2,1-3H3,(H,19,20). The minimum Gasteiger partial charge on any atom is -0.373 e. The molecule has 0 aliphatic rings. The zero-order chi connectivity index (χ0) is 15.3. The summed E-state index contributed by atoms with van der Waals surface area (Å²) in [7, 11) is -1.15. The second kappa shape index (κ2) is 7.23. The Morgan fingerprint density at radius 2 is 1.86 bits per heavy atom. The van der Waals surface area contributed by atoms with Gasteiger partial charge in [0.15, 0.2) is 0 Å². The van der Waals surface area contributed by atoms with Crippen molar-refractivity contribution < 1.29 is 0 Å². The second-order valence-corrected chi connectivity index (χ2v) is 12.2. The molecule has 2 aromatic rings. The predicted octanol–water partition coefficient (Wildman–Crippen LogP) is 5.58. The van der Waals surface area contributed by atoms with Gasteiger partial charge in [0.2, 0.25) is 0 Å². The highest BCUT2D eigenvalue weighted by Crippen LogP contribution is 2.27. The van der Waals surface area contributed by atoms with Crippen molar-refractivity contribution in [2.24, 2.45) is 0 Å². The third-order valence-electron chi connectivity index (χ3n) is 3.57. The van der Waals surface area contributed by atoms with Gasteiger partial charge in [-0.05, 0) is 18.2 Å². The van der Waals surface area contributed by atoms with Crippen LogP contribution in [0.2, 0.25) is 19.1 Å². The van der Waals surface area contributed by atoms with E-state index in [1.165, 1.54) is 12.5 Å². The number of rotatable bonds is 6. The SMILES string of the molecule is CCC[Si](C)(C)CNc1cccc(-c2ccccc2Br)n1. The first-order valence-electron chi connectivity index (χ1n) is 7.48. The number of halogens is 1. The van der Waals surface area contributed by atoms with Crippen LogP contribution in [0.5, 0.6) is 0 Å². The molecule has 112 valence electrons. The Kier molecular flexibility index (Phi) is 5.59. The average Bonchev–Trinajstić information content (AvgIpc) is 2.46. The van der Waals surface area contributed by atoms with E-state index in [1.54, 1.807) is 0 Å². The zero-order valence-electron chi connectivity index (χ0n) is 13.0. The third kappa shape index (κ3) is 4.68. The first kappa shape index (κ1) is 16.2. The Labute approximate surface area is 137 Å². The molecule has 0 unspecified atom stereocenters. The van der Waals surface area contributed by atoms with Crippen LogP contribution in [0.1, 0.15) is 13.3 Å². The summed E-state index contributed by atoms with van der Waals surface area (Å²) in [5.74, 6) is 0.972. The van der Waals surface area contributed by atoms with Gasteiger partial charge in [-0.15, -0.1) is 0 Å². The van der Waals surface area contributed by atoms with E-state index in [-0.39, 0.29) is 0 Å². The predicted molar refractivity (Wildman–Crippen MR) is 98.4 cm³/mol. The van der Waals surface area contributed by atoms with E-state index < -0.39 is 8.07 Å². The number of hydrogen-bond donors (Lipinski definition) is 1. The van der Waals surface area contributed by atoms with E-state index in [0.29, 0.717) is 0 Å². The van der Waals surface area contributed by atoms with Gasteiger partial charge in [0, 0.05) is 16.2 Å². The topological polar surface area (TPSA) is 24.9 Å². The van der Waals surface area contributed by atoms with Crippen LogP contribution in [-0.4, -0.2) is 19.2 Å². The van der Waals surface area contributed by atoms with Gasteiger partial charge < -0.3 is 5.32 Å². The summed E-state index contributed by atoms with van der Waals surface area (Å²) < 4.78 is 1.08. The van der Waals surface area contributed by atoms with Gasteiger partial charge in [-0.25, -0.2) is 4.98 Å². The fourth-order valence-corrected chi connectivity index (χ4v) is 5.13. The first-order valence-corrected chi connectivity index (χ1v) is 11.7. The molecule has 4 heteroatoms. The number of benzene rings is 1. The maximum atomic E-state index is 4.75. The Morgan fingerprint density at radius 3 is 2.57 bits per heavy atom. The number of nitrogens with zero attached hydrogens (tertiary/aromatic N) is 1. The van der Waals surface area contributed by atoms with E-state index in [1.807, 2.05) is 18.2 Å². The Balaban J connectivity index is 2.14. The third-order valence-corrected chi connectivity index (χ3v) is 7.25. The summed E-state index contributed by atoms with van der Waals surface area (Å²) in [6, 6.07) is 15.7. The van der Waals surface area contributed by atoms with E-state index in [0.717, 1.165) is 27.7 Å². The van der Waals surface area contributed by atoms with E-state index >= 15 is 0 Å². The van der Waals surface area contributed by atoms with Crippen molar-refractivity contribution in [2.45, 2.75) is 32.5 Å². The lowest BCUT2D eigenvalue weighted by Crippen LogP contribution is -2.35. The maximum absolute atomic E-state index is 4.75. The molecule has 0 aliphatic heterocycles. The van der Waals surface area contributed by atoms with Crippen LogP contribution in [0.25, 0.3) is 11.3 Å². The van der Waals surface area contributed by atoms with Crippen molar-refractivity contribution in [1.82, 2.24) is 4.98 Å². The molecule has 0 aliphatic carbocycles. The van der Waals surface area contributed by atoms with Gasteiger partial charge in [0.1, 0.15) is 5.82 Å². The lowest BCUT2D eigenvalue weighted by molar-refractivity contribution is 1.03. The molecule has 2 nitrogen and oxygen atoms in total. The molecule has 21 heavy (non-hydrogen) atoms. The van der Waals surface area contributed by atoms with Gasteiger partial charge in [0.05, 0.1) is 13.8 Å². The van der Waals surface area contributed by atoms with Gasteiger partial charge >= 0.3 is 0 Å². The summed E-state index contributed by atoms with van der Waals surface area (Å²) in [5.41, 5.74) is 2.13. The lowest BCUT2D eigenvalue weighted by atomic mass is 10.1. The Morgan fingerprint density at radius 1 is 1.10 bits per heavy atom. The van der Waals surface area contributed by atoms with Gasteiger partial charge in [0.25, 0.3) is 0 Å². The Hall–Kier alpha value is -1.13. The average molecular weight is 363 g/mol. The molecule has 0 bridgehead atoms. The summed E-state index contributed by atoms with van der Waals surface area (Å²) in [5, 5.41) is 3.53. The van der Waals surface area contributed by atoms with E-state index in [9.17, 15) is 0 Å². The highest BCUT2D eigenvalue weighted by atomic mass is 79.9. The summed E-state index contributed by atoms with van der Waals surface area (Å²) >= 11 is 3.60. The first-order chi connectivity index (χ1) is 10.0. The quantitative estimate of drug-likeness (QED) is 0.678. The number of pyridine rings is 1. The molecule has 1 N–H and O–H groups in total. The normalized spacial score (nSPS) is 11.4. The van der Waals surface area contributed by atoms with Crippen molar-refractivity contribution in [3.63, 3.8) is 0 Å². The molecule has 1 aromatic carbocycles. The maximum Gasteiger partial charge on any atom is 0.126 e. The molecular weight excluding hydrogens is 340 g/mol. The van der Waals surface area contributed by atoms with Crippen LogP contribution >= 0.6 is 15.9 Å². The van der Waals surface area contributed by atoms with Crippen LogP contribution in [0, 0.1) is 0 Å². The molecule has 1 heterocycles. The summed E-state index contributed by atoms with van der Waals surface area (Å²) in [6.07, 6.45) is 2.35. The minimum absolute atomic E-state index is 0.972. The molecule has 0 atom stereocenters. The monoisotopic (exact) mass is 362 g/mol. The van der Waals surface area contributed by atoms with Gasteiger partial charge in [-0.1, -0.05) is 72.7 Å². The highest BCUT2D eigenvalue weighted by molar-refractivity contribution is 9.10. The lowest BCUT2D eigenvalue weighted by Gasteiger charge is -2.22. The number of anilines is 1. The highest BCUT2D eigenvalue weighted by Gasteiger charge is 2.19. The Bertz CT molecular complexity index is 599. The van der Waals surface area contributed by atoms with Crippen LogP contribution in [0.3, 0.4) is 0 Å². The van der Waals surface area contributed by atoms with E-state index in [2.05, 4.69) is 65.5 Å². The van der Waals surface area contributed by atoms with Crippen molar-refractivity contribution >= 4 is 29.8 Å². The number of aromatic nitrogens is 1. The van der Waals surface area contributed by atoms with Gasteiger partial charge in [-0.3, -0.25) is 0 Å². The largest absolute Gasteiger partial charge is 0.373 e. The summed E-state index contributed by atoms with van der Waals surface area (Å²) in [4.78, 5) is 4.75. The smallest absolute Gasteiger partial charge is 0.126 e. The van der Waals surface area contributed by atoms with Crippen LogP contribution < -0.4 is 5.32 Å². The molecule has 0 saturated heterocycles. The molecule has 0 amide bonds. The number of nitrogens with one attached hydrogen (secondary N) is 1. The molecule has 2 rings (SSSR count). The van der Waals surface area contributed by atoms with Gasteiger partial charge in [-0.2, -0.15) is 0 Å². The number of hydrogen-bond acceptors (Lipinski definition) is 2. The molecule has 0 radical (unpaired) electrons. The van der Waals surface area contributed by atoms with E-state index in [4.69, 9.17) is 4.98 Å². The van der Waals surface area contributed by atoms with Crippen molar-refractivity contribution in [3.8, 4) is 11.3 Å². The van der Waals surface area contributed by atoms with Crippen LogP contribution in [0.15, 0.2) is 46.9 Å². The van der Waals surface area contributed by atoms with Crippen LogP contribution in [0.4, 0.5) is 5.82 Å². The fourth-order valence-electron chi connectivity index (χ4n) is 2.45. The van der Waals surface area contributed by atoms with Crippen LogP contribution in [-0.2, 0) is 0 Å². The fraction of sp³-hybridized carbons (Fsp3) is 0.353. The molecule has 1 aromatic heterocycles. The molecule has 0 saturated carbocycles. The second-order valence-electron chi connectivity index (χ2n) is 6.16. The summed E-state index contributed by atoms with van der Waals surface area (Å²) in [6.45, 7) is 7.13. The van der Waals surface area contributed by atoms with Crippen molar-refractivity contribution in [3.05, 3.63) is 46.9 Å². The molecular formula is C17H23BrN2Si. The molecule has 0 fully saturated rings. The van der Waals surface area contributed by atoms with Crippen molar-refractivity contribution in [2.75, 3.05) is 11.5 Å².